The van der Waals surface area contributed by atoms with E-state index in [0.29, 0.717) is 11.3 Å². The molecule has 0 fully saturated rings. The van der Waals surface area contributed by atoms with Gasteiger partial charge in [-0.1, -0.05) is 29.5 Å². The summed E-state index contributed by atoms with van der Waals surface area (Å²) < 4.78 is 28.9. The zero-order chi connectivity index (χ0) is 21.1. The van der Waals surface area contributed by atoms with Gasteiger partial charge in [0.25, 0.3) is 5.91 Å². The van der Waals surface area contributed by atoms with E-state index in [0.717, 1.165) is 5.56 Å². The monoisotopic (exact) mass is 405 g/mol. The van der Waals surface area contributed by atoms with E-state index in [-0.39, 0.29) is 17.2 Å². The topological polar surface area (TPSA) is 72.7 Å². The predicted octanol–water partition coefficient (Wildman–Crippen LogP) is 4.10. The van der Waals surface area contributed by atoms with Crippen LogP contribution in [0, 0.1) is 11.6 Å². The number of halogens is 2. The number of rotatable bonds is 5. The van der Waals surface area contributed by atoms with Crippen LogP contribution in [-0.4, -0.2) is 25.9 Å². The summed E-state index contributed by atoms with van der Waals surface area (Å²) >= 11 is 0. The van der Waals surface area contributed by atoms with E-state index in [1.807, 2.05) is 0 Å². The number of para-hydroxylation sites is 1. The average Bonchev–Trinajstić information content (AvgIpc) is 3.20. The van der Waals surface area contributed by atoms with Crippen LogP contribution in [0.5, 0.6) is 0 Å². The molecule has 0 aliphatic carbocycles. The first-order chi connectivity index (χ1) is 14.5. The molecule has 2 heterocycles. The van der Waals surface area contributed by atoms with Gasteiger partial charge in [-0.2, -0.15) is 0 Å². The molecular weight excluding hydrogens is 388 g/mol. The molecule has 0 bridgehead atoms. The third kappa shape index (κ3) is 3.80. The summed E-state index contributed by atoms with van der Waals surface area (Å²) in [5, 5.41) is 10.9. The molecule has 0 spiro atoms. The number of aromatic nitrogens is 4. The summed E-state index contributed by atoms with van der Waals surface area (Å²) in [5.74, 6) is -1.35. The number of amides is 1. The van der Waals surface area contributed by atoms with Gasteiger partial charge in [0.15, 0.2) is 5.69 Å². The third-order valence-electron chi connectivity index (χ3n) is 4.62. The fourth-order valence-electron chi connectivity index (χ4n) is 3.09. The lowest BCUT2D eigenvalue weighted by Gasteiger charge is -2.14. The number of hydrogen-bond acceptors (Lipinski definition) is 4. The van der Waals surface area contributed by atoms with Crippen molar-refractivity contribution in [1.29, 1.82) is 0 Å². The lowest BCUT2D eigenvalue weighted by atomic mass is 10.1. The van der Waals surface area contributed by atoms with E-state index < -0.39 is 17.8 Å². The van der Waals surface area contributed by atoms with Crippen molar-refractivity contribution < 1.29 is 13.6 Å². The fourth-order valence-corrected chi connectivity index (χ4v) is 3.09. The van der Waals surface area contributed by atoms with Crippen molar-refractivity contribution in [3.63, 3.8) is 0 Å². The summed E-state index contributed by atoms with van der Waals surface area (Å²) in [6.45, 7) is 1.77. The zero-order valence-electron chi connectivity index (χ0n) is 16.0. The molecule has 4 aromatic rings. The molecule has 1 amide bonds. The van der Waals surface area contributed by atoms with Crippen molar-refractivity contribution in [2.24, 2.45) is 0 Å². The Hall–Kier alpha value is -3.94. The molecule has 1 N–H and O–H groups in total. The Bertz CT molecular complexity index is 1180. The second-order valence-electron chi connectivity index (χ2n) is 6.64. The summed E-state index contributed by atoms with van der Waals surface area (Å²) in [7, 11) is 0. The van der Waals surface area contributed by atoms with Gasteiger partial charge in [0.2, 0.25) is 0 Å². The quantitative estimate of drug-likeness (QED) is 0.543. The molecule has 0 saturated heterocycles. The Kier molecular flexibility index (Phi) is 5.30. The van der Waals surface area contributed by atoms with E-state index in [1.165, 1.54) is 22.9 Å². The van der Waals surface area contributed by atoms with Crippen LogP contribution in [0.25, 0.3) is 16.9 Å². The molecule has 2 aromatic carbocycles. The molecule has 1 atom stereocenters. The zero-order valence-corrected chi connectivity index (χ0v) is 16.0. The van der Waals surface area contributed by atoms with Gasteiger partial charge in [-0.3, -0.25) is 9.78 Å². The molecular formula is C22H17F2N5O. The van der Waals surface area contributed by atoms with Crippen molar-refractivity contribution in [2.45, 2.75) is 13.0 Å². The van der Waals surface area contributed by atoms with E-state index in [9.17, 15) is 13.6 Å². The SMILES string of the molecule is C[C@@H](NC(=O)c1nnn(-c2ccccc2F)c1-c1cccnc1)c1ccc(F)cc1. The third-order valence-corrected chi connectivity index (χ3v) is 4.62. The van der Waals surface area contributed by atoms with E-state index in [4.69, 9.17) is 0 Å². The minimum absolute atomic E-state index is 0.0280. The first kappa shape index (κ1) is 19.4. The Morgan fingerprint density at radius 1 is 1.03 bits per heavy atom. The van der Waals surface area contributed by atoms with Crippen LogP contribution in [0.3, 0.4) is 0 Å². The normalized spacial score (nSPS) is 11.8. The highest BCUT2D eigenvalue weighted by atomic mass is 19.1. The lowest BCUT2D eigenvalue weighted by molar-refractivity contribution is 0.0935. The van der Waals surface area contributed by atoms with E-state index in [2.05, 4.69) is 20.6 Å². The Labute approximate surface area is 171 Å². The van der Waals surface area contributed by atoms with Gasteiger partial charge in [-0.05, 0) is 48.9 Å². The molecule has 0 radical (unpaired) electrons. The summed E-state index contributed by atoms with van der Waals surface area (Å²) in [6, 6.07) is 15.0. The summed E-state index contributed by atoms with van der Waals surface area (Å²) in [5.41, 5.74) is 1.80. The van der Waals surface area contributed by atoms with Crippen molar-refractivity contribution in [3.05, 3.63) is 95.9 Å². The minimum Gasteiger partial charge on any atom is -0.344 e. The smallest absolute Gasteiger partial charge is 0.274 e. The van der Waals surface area contributed by atoms with Gasteiger partial charge in [0, 0.05) is 18.0 Å². The maximum absolute atomic E-state index is 14.4. The summed E-state index contributed by atoms with van der Waals surface area (Å²) in [4.78, 5) is 17.1. The van der Waals surface area contributed by atoms with E-state index >= 15 is 0 Å². The maximum atomic E-state index is 14.4. The number of pyridine rings is 1. The molecule has 0 unspecified atom stereocenters. The largest absolute Gasteiger partial charge is 0.344 e. The van der Waals surface area contributed by atoms with Gasteiger partial charge in [-0.25, -0.2) is 13.5 Å². The molecule has 2 aromatic heterocycles. The predicted molar refractivity (Wildman–Crippen MR) is 107 cm³/mol. The van der Waals surface area contributed by atoms with Crippen molar-refractivity contribution in [2.75, 3.05) is 0 Å². The number of carbonyl (C=O) groups is 1. The molecule has 0 aliphatic rings. The van der Waals surface area contributed by atoms with Crippen molar-refractivity contribution >= 4 is 5.91 Å². The minimum atomic E-state index is -0.501. The fraction of sp³-hybridized carbons (Fsp3) is 0.0909. The Balaban J connectivity index is 1.74. The number of nitrogens with zero attached hydrogens (tertiary/aromatic N) is 4. The highest BCUT2D eigenvalue weighted by Gasteiger charge is 2.24. The molecule has 6 nitrogen and oxygen atoms in total. The highest BCUT2D eigenvalue weighted by Crippen LogP contribution is 2.26. The molecule has 0 saturated carbocycles. The van der Waals surface area contributed by atoms with E-state index in [1.54, 1.807) is 61.8 Å². The van der Waals surface area contributed by atoms with Gasteiger partial charge in [0.05, 0.1) is 6.04 Å². The molecule has 0 aliphatic heterocycles. The number of benzene rings is 2. The van der Waals surface area contributed by atoms with Crippen LogP contribution in [0.1, 0.15) is 29.0 Å². The van der Waals surface area contributed by atoms with Crippen LogP contribution in [0.4, 0.5) is 8.78 Å². The maximum Gasteiger partial charge on any atom is 0.274 e. The van der Waals surface area contributed by atoms with Crippen LogP contribution in [-0.2, 0) is 0 Å². The van der Waals surface area contributed by atoms with Gasteiger partial charge >= 0.3 is 0 Å². The van der Waals surface area contributed by atoms with Gasteiger partial charge in [-0.15, -0.1) is 5.10 Å². The number of carbonyl (C=O) groups excluding carboxylic acids is 1. The Morgan fingerprint density at radius 3 is 2.50 bits per heavy atom. The molecule has 4 rings (SSSR count). The first-order valence-corrected chi connectivity index (χ1v) is 9.22. The molecule has 150 valence electrons. The van der Waals surface area contributed by atoms with Crippen LogP contribution >= 0.6 is 0 Å². The summed E-state index contributed by atoms with van der Waals surface area (Å²) in [6.07, 6.45) is 3.15. The molecule has 30 heavy (non-hydrogen) atoms. The second-order valence-corrected chi connectivity index (χ2v) is 6.64. The van der Waals surface area contributed by atoms with Crippen molar-refractivity contribution in [3.8, 4) is 16.9 Å². The standard InChI is InChI=1S/C22H17F2N5O/c1-14(15-8-10-17(23)11-9-15)26-22(30)20-21(16-5-4-12-25-13-16)29(28-27-20)19-7-3-2-6-18(19)24/h2-14H,1H3,(H,26,30)/t14-/m1/s1. The van der Waals surface area contributed by atoms with Crippen LogP contribution in [0.2, 0.25) is 0 Å². The number of nitrogens with one attached hydrogen (secondary N) is 1. The van der Waals surface area contributed by atoms with Gasteiger partial charge < -0.3 is 5.32 Å². The molecule has 8 heteroatoms. The highest BCUT2D eigenvalue weighted by molar-refractivity contribution is 5.98. The van der Waals surface area contributed by atoms with Crippen molar-refractivity contribution in [1.82, 2.24) is 25.3 Å². The Morgan fingerprint density at radius 2 is 1.80 bits per heavy atom. The van der Waals surface area contributed by atoms with Gasteiger partial charge in [0.1, 0.15) is 23.0 Å². The second kappa shape index (κ2) is 8.20. The average molecular weight is 405 g/mol. The number of hydrogen-bond donors (Lipinski definition) is 1. The van der Waals surface area contributed by atoms with Crippen LogP contribution in [0.15, 0.2) is 73.1 Å². The lowest BCUT2D eigenvalue weighted by Crippen LogP contribution is -2.27. The van der Waals surface area contributed by atoms with Crippen LogP contribution < -0.4 is 5.32 Å². The first-order valence-electron chi connectivity index (χ1n) is 9.22.